The van der Waals surface area contributed by atoms with Crippen LogP contribution in [-0.2, 0) is 32.2 Å². The first kappa shape index (κ1) is 30.0. The zero-order chi connectivity index (χ0) is 31.7. The molecule has 1 amide bonds. The number of alkyl halides is 2. The summed E-state index contributed by atoms with van der Waals surface area (Å²) in [5.41, 5.74) is 1.67. The first-order chi connectivity index (χ1) is 20.6. The highest BCUT2D eigenvalue weighted by atomic mass is 32.2. The third kappa shape index (κ3) is 5.64. The number of aromatic amines is 1. The molecule has 1 aliphatic heterocycles. The number of aromatic nitrogens is 3. The number of benzene rings is 2. The van der Waals surface area contributed by atoms with E-state index in [1.54, 1.807) is 19.1 Å². The summed E-state index contributed by atoms with van der Waals surface area (Å²) in [5, 5.41) is 14.6. The van der Waals surface area contributed by atoms with Crippen molar-refractivity contribution >= 4 is 32.5 Å². The van der Waals surface area contributed by atoms with E-state index in [-0.39, 0.29) is 46.6 Å². The number of hydrogen-bond donors (Lipinski definition) is 4. The van der Waals surface area contributed by atoms with Gasteiger partial charge in [-0.1, -0.05) is 26.8 Å². The van der Waals surface area contributed by atoms with Crippen molar-refractivity contribution in [3.05, 3.63) is 65.7 Å². The van der Waals surface area contributed by atoms with Crippen molar-refractivity contribution in [2.75, 3.05) is 11.9 Å². The molecule has 1 aliphatic carbocycles. The van der Waals surface area contributed by atoms with Crippen LogP contribution in [0.2, 0.25) is 0 Å². The molecular formula is C30H41F2N5O6S. The Hall–Kier alpha value is -4.01. The fourth-order valence-electron chi connectivity index (χ4n) is 5.53. The number of aliphatic hydroxyl groups is 1. The molecule has 0 unspecified atom stereocenters. The van der Waals surface area contributed by atoms with E-state index in [0.717, 1.165) is 16.6 Å². The molecule has 2 aromatic carbocycles. The van der Waals surface area contributed by atoms with Crippen LogP contribution in [0.3, 0.4) is 0 Å². The van der Waals surface area contributed by atoms with Gasteiger partial charge < -0.3 is 29.4 Å². The van der Waals surface area contributed by atoms with Crippen molar-refractivity contribution in [2.24, 2.45) is 0 Å². The van der Waals surface area contributed by atoms with Gasteiger partial charge in [0.15, 0.2) is 16.5 Å². The van der Waals surface area contributed by atoms with E-state index < -0.39 is 27.8 Å². The second-order valence-electron chi connectivity index (χ2n) is 12.4. The van der Waals surface area contributed by atoms with Crippen molar-refractivity contribution in [2.45, 2.75) is 75.3 Å². The smallest absolute Gasteiger partial charge is 0.395 e. The minimum absolute atomic E-state index is 0. The van der Waals surface area contributed by atoms with Crippen LogP contribution >= 0.6 is 0 Å². The summed E-state index contributed by atoms with van der Waals surface area (Å²) in [5.74, 6) is 0.0289. The molecule has 3 heterocycles. The average molecular weight is 638 g/mol. The standard InChI is InChI=1S/C30H33F2N5O6S.4H2/c1-17-33-15-26(35-17)44(40,41)34-14-21(38)16-37-22-7-6-20(11-18(22)12-25(37)28(2,3)4)36-27(39)29(9-10-29)19-5-8-23-24(13-19)43-30(31,32)42-23;;;;/h5-8,11-13,15,21,34,38H,9-10,14,16H2,1-4H3,(H,33,35)(H,36,39);4*1H/t21-;;;;/m0..../s1. The van der Waals surface area contributed by atoms with Gasteiger partial charge in [0, 0.05) is 40.0 Å². The number of imidazole rings is 1. The fourth-order valence-corrected chi connectivity index (χ4v) is 6.57. The quantitative estimate of drug-likeness (QED) is 0.195. The number of H-pyrrole nitrogens is 1. The molecule has 1 saturated carbocycles. The minimum Gasteiger partial charge on any atom is -0.395 e. The van der Waals surface area contributed by atoms with E-state index in [2.05, 4.69) is 29.5 Å². The van der Waals surface area contributed by atoms with E-state index in [0.29, 0.717) is 29.9 Å². The van der Waals surface area contributed by atoms with E-state index >= 15 is 0 Å². The van der Waals surface area contributed by atoms with Gasteiger partial charge in [0.25, 0.3) is 10.0 Å². The lowest BCUT2D eigenvalue weighted by molar-refractivity contribution is -0.286. The number of aryl methyl sites for hydroxylation is 1. The van der Waals surface area contributed by atoms with E-state index in [1.165, 1.54) is 18.3 Å². The molecule has 2 aromatic heterocycles. The molecule has 4 N–H and O–H groups in total. The molecule has 2 aliphatic rings. The molecule has 6 rings (SSSR count). The minimum atomic E-state index is -3.87. The number of sulfonamides is 1. The molecule has 1 fully saturated rings. The number of amides is 1. The van der Waals surface area contributed by atoms with Crippen molar-refractivity contribution in [1.29, 1.82) is 0 Å². The van der Waals surface area contributed by atoms with Crippen LogP contribution < -0.4 is 19.5 Å². The second kappa shape index (κ2) is 10.3. The number of anilines is 1. The molecule has 4 aromatic rings. The van der Waals surface area contributed by atoms with Crippen LogP contribution in [0, 0.1) is 6.92 Å². The molecule has 0 radical (unpaired) electrons. The zero-order valence-electron chi connectivity index (χ0n) is 24.6. The molecule has 14 heteroatoms. The number of aliphatic hydroxyl groups excluding tert-OH is 1. The van der Waals surface area contributed by atoms with Crippen molar-refractivity contribution in [3.63, 3.8) is 0 Å². The number of halogens is 2. The SMILES string of the molecule is Cc1ncc(S(=O)(=O)NC[C@H](O)Cn2c(C(C)(C)C)cc3cc(NC(=O)C4(c5ccc6c(c5)OC(F)(F)O6)CC4)ccc32)[nH]1.[HH].[HH].[HH].[HH]. The Bertz CT molecular complexity index is 1890. The first-order valence-corrected chi connectivity index (χ1v) is 15.6. The third-order valence-electron chi connectivity index (χ3n) is 7.94. The summed E-state index contributed by atoms with van der Waals surface area (Å²) in [4.78, 5) is 20.1. The third-order valence-corrected chi connectivity index (χ3v) is 9.27. The number of ether oxygens (including phenoxy) is 2. The van der Waals surface area contributed by atoms with Crippen molar-refractivity contribution < 1.29 is 42.3 Å². The Kier molecular flexibility index (Phi) is 7.02. The zero-order valence-corrected chi connectivity index (χ0v) is 25.4. The Morgan fingerprint density at radius 3 is 2.55 bits per heavy atom. The Balaban J connectivity index is 0.00000200. The topological polar surface area (TPSA) is 148 Å². The summed E-state index contributed by atoms with van der Waals surface area (Å²) in [7, 11) is -3.87. The van der Waals surface area contributed by atoms with Gasteiger partial charge in [-0.3, -0.25) is 4.79 Å². The highest BCUT2D eigenvalue weighted by molar-refractivity contribution is 7.89. The number of fused-ring (bicyclic) bond motifs is 2. The number of carbonyl (C=O) groups is 1. The lowest BCUT2D eigenvalue weighted by Crippen LogP contribution is -2.35. The average Bonchev–Trinajstić information content (AvgIpc) is 3.33. The molecule has 44 heavy (non-hydrogen) atoms. The van der Waals surface area contributed by atoms with Crippen LogP contribution in [0.5, 0.6) is 11.5 Å². The summed E-state index contributed by atoms with van der Waals surface area (Å²) >= 11 is 0. The van der Waals surface area contributed by atoms with Crippen LogP contribution in [0.15, 0.2) is 53.7 Å². The van der Waals surface area contributed by atoms with E-state index in [9.17, 15) is 27.1 Å². The first-order valence-electron chi connectivity index (χ1n) is 14.1. The largest absolute Gasteiger partial charge is 0.586 e. The van der Waals surface area contributed by atoms with Gasteiger partial charge in [-0.15, -0.1) is 8.78 Å². The second-order valence-corrected chi connectivity index (χ2v) is 14.1. The van der Waals surface area contributed by atoms with Crippen LogP contribution in [0.1, 0.15) is 56.4 Å². The molecular weight excluding hydrogens is 596 g/mol. The number of carbonyl (C=O) groups excluding carboxylic acids is 1. The predicted octanol–water partition coefficient (Wildman–Crippen LogP) is 5.29. The maximum atomic E-state index is 13.5. The Morgan fingerprint density at radius 2 is 1.89 bits per heavy atom. The van der Waals surface area contributed by atoms with Gasteiger partial charge in [0.2, 0.25) is 5.91 Å². The maximum Gasteiger partial charge on any atom is 0.586 e. The highest BCUT2D eigenvalue weighted by Gasteiger charge is 2.52. The molecule has 242 valence electrons. The highest BCUT2D eigenvalue weighted by Crippen LogP contribution is 2.52. The van der Waals surface area contributed by atoms with E-state index in [4.69, 9.17) is 0 Å². The fraction of sp³-hybridized carbons (Fsp3) is 0.400. The number of nitrogens with one attached hydrogen (secondary N) is 3. The number of hydrogen-bond acceptors (Lipinski definition) is 7. The number of nitrogens with zero attached hydrogens (tertiary/aromatic N) is 2. The van der Waals surface area contributed by atoms with Gasteiger partial charge in [-0.05, 0) is 61.7 Å². The number of rotatable bonds is 9. The Labute approximate surface area is 258 Å². The molecule has 0 spiro atoms. The lowest BCUT2D eigenvalue weighted by Gasteiger charge is -2.24. The van der Waals surface area contributed by atoms with Gasteiger partial charge >= 0.3 is 6.29 Å². The van der Waals surface area contributed by atoms with Crippen LogP contribution in [-0.4, -0.2) is 52.9 Å². The summed E-state index contributed by atoms with van der Waals surface area (Å²) in [6, 6.07) is 11.9. The van der Waals surface area contributed by atoms with Gasteiger partial charge in [0.1, 0.15) is 5.82 Å². The van der Waals surface area contributed by atoms with Gasteiger partial charge in [0.05, 0.1) is 24.3 Å². The molecule has 11 nitrogen and oxygen atoms in total. The Morgan fingerprint density at radius 1 is 1.16 bits per heavy atom. The predicted molar refractivity (Wildman–Crippen MR) is 166 cm³/mol. The van der Waals surface area contributed by atoms with Crippen molar-refractivity contribution in [3.8, 4) is 11.5 Å². The monoisotopic (exact) mass is 637 g/mol. The van der Waals surface area contributed by atoms with Crippen LogP contribution in [0.25, 0.3) is 10.9 Å². The van der Waals surface area contributed by atoms with Gasteiger partial charge in [-0.25, -0.2) is 18.1 Å². The molecule has 1 atom stereocenters. The normalized spacial score (nSPS) is 17.5. The summed E-state index contributed by atoms with van der Waals surface area (Å²) < 4.78 is 65.6. The molecule has 0 bridgehead atoms. The van der Waals surface area contributed by atoms with E-state index in [1.807, 2.05) is 43.5 Å². The van der Waals surface area contributed by atoms with Crippen LogP contribution in [0.4, 0.5) is 14.5 Å². The van der Waals surface area contributed by atoms with Gasteiger partial charge in [-0.2, -0.15) is 0 Å². The maximum absolute atomic E-state index is 13.5. The lowest BCUT2D eigenvalue weighted by atomic mass is 9.92. The van der Waals surface area contributed by atoms with Crippen molar-refractivity contribution in [1.82, 2.24) is 19.3 Å². The molecule has 0 saturated heterocycles. The summed E-state index contributed by atoms with van der Waals surface area (Å²) in [6.45, 7) is 7.66. The summed E-state index contributed by atoms with van der Waals surface area (Å²) in [6.07, 6.45) is -2.44.